The highest BCUT2D eigenvalue weighted by Gasteiger charge is 2.28. The Kier molecular flexibility index (Phi) is 4.24. The predicted octanol–water partition coefficient (Wildman–Crippen LogP) is 2.71. The molecule has 0 bridgehead atoms. The molecule has 7 heteroatoms. The van der Waals surface area contributed by atoms with E-state index in [2.05, 4.69) is 9.97 Å². The number of nitrogens with two attached hydrogens (primary N) is 1. The van der Waals surface area contributed by atoms with E-state index < -0.39 is 0 Å². The Bertz CT molecular complexity index is 825. The van der Waals surface area contributed by atoms with Crippen LogP contribution in [0.3, 0.4) is 0 Å². The first kappa shape index (κ1) is 16.4. The van der Waals surface area contributed by atoms with Gasteiger partial charge in [-0.15, -0.1) is 0 Å². The highest BCUT2D eigenvalue weighted by molar-refractivity contribution is 6.31. The number of halogens is 2. The van der Waals surface area contributed by atoms with E-state index in [4.69, 9.17) is 17.3 Å². The first-order chi connectivity index (χ1) is 11.4. The number of amides is 1. The van der Waals surface area contributed by atoms with Gasteiger partial charge in [0.05, 0.1) is 29.5 Å². The van der Waals surface area contributed by atoms with Crippen molar-refractivity contribution >= 4 is 23.1 Å². The third-order valence-electron chi connectivity index (χ3n) is 3.93. The van der Waals surface area contributed by atoms with Gasteiger partial charge >= 0.3 is 0 Å². The van der Waals surface area contributed by atoms with Crippen LogP contribution in [0.1, 0.15) is 27.6 Å². The van der Waals surface area contributed by atoms with Gasteiger partial charge in [0.1, 0.15) is 5.82 Å². The molecule has 3 rings (SSSR count). The molecule has 24 heavy (non-hydrogen) atoms. The van der Waals surface area contributed by atoms with E-state index in [0.717, 1.165) is 0 Å². The summed E-state index contributed by atoms with van der Waals surface area (Å²) in [6, 6.07) is 5.43. The van der Waals surface area contributed by atoms with Gasteiger partial charge in [-0.25, -0.2) is 14.4 Å². The molecule has 2 heterocycles. The summed E-state index contributed by atoms with van der Waals surface area (Å²) >= 11 is 6.10. The van der Waals surface area contributed by atoms with E-state index in [1.54, 1.807) is 18.7 Å². The summed E-state index contributed by atoms with van der Waals surface area (Å²) in [6.07, 6.45) is 0. The lowest BCUT2D eigenvalue weighted by molar-refractivity contribution is 0.0799. The monoisotopic (exact) mass is 346 g/mol. The van der Waals surface area contributed by atoms with Gasteiger partial charge in [0, 0.05) is 16.8 Å². The van der Waals surface area contributed by atoms with Crippen LogP contribution in [0.25, 0.3) is 5.57 Å². The van der Waals surface area contributed by atoms with Crippen molar-refractivity contribution in [3.05, 3.63) is 63.6 Å². The second-order valence-electron chi connectivity index (χ2n) is 5.70. The highest BCUT2D eigenvalue weighted by atomic mass is 35.5. The van der Waals surface area contributed by atoms with Gasteiger partial charge in [-0.3, -0.25) is 4.79 Å². The predicted molar refractivity (Wildman–Crippen MR) is 89.9 cm³/mol. The van der Waals surface area contributed by atoms with Crippen LogP contribution in [-0.4, -0.2) is 33.9 Å². The molecule has 124 valence electrons. The number of carbonyl (C=O) groups excluding carboxylic acids is 1. The summed E-state index contributed by atoms with van der Waals surface area (Å²) in [5.74, 6) is -0.108. The van der Waals surface area contributed by atoms with Crippen molar-refractivity contribution in [1.82, 2.24) is 14.9 Å². The molecule has 1 aliphatic heterocycles. The Morgan fingerprint density at radius 2 is 1.75 bits per heavy atom. The zero-order valence-corrected chi connectivity index (χ0v) is 14.1. The third-order valence-corrected chi connectivity index (χ3v) is 4.48. The van der Waals surface area contributed by atoms with E-state index >= 15 is 0 Å². The van der Waals surface area contributed by atoms with Crippen molar-refractivity contribution in [1.29, 1.82) is 0 Å². The zero-order valence-electron chi connectivity index (χ0n) is 13.3. The second kappa shape index (κ2) is 6.20. The summed E-state index contributed by atoms with van der Waals surface area (Å²) in [5.41, 5.74) is 9.11. The van der Waals surface area contributed by atoms with E-state index in [0.29, 0.717) is 45.6 Å². The summed E-state index contributed by atoms with van der Waals surface area (Å²) in [4.78, 5) is 22.9. The lowest BCUT2D eigenvalue weighted by atomic mass is 10.2. The Morgan fingerprint density at radius 1 is 1.17 bits per heavy atom. The maximum absolute atomic E-state index is 13.0. The molecule has 0 aliphatic carbocycles. The van der Waals surface area contributed by atoms with Crippen LogP contribution in [0.15, 0.2) is 30.0 Å². The molecule has 1 aromatic carbocycles. The van der Waals surface area contributed by atoms with E-state index in [-0.39, 0.29) is 18.3 Å². The minimum absolute atomic E-state index is 0.213. The molecule has 1 amide bonds. The number of rotatable bonds is 2. The minimum atomic E-state index is -0.383. The molecule has 2 N–H and O–H groups in total. The van der Waals surface area contributed by atoms with Crippen LogP contribution in [0.4, 0.5) is 4.39 Å². The first-order valence-electron chi connectivity index (χ1n) is 7.40. The Hall–Kier alpha value is -2.47. The molecular formula is C17H16ClFN4O. The smallest absolute Gasteiger partial charge is 0.254 e. The SMILES string of the molecule is Cc1nc(C2=C(N)CN(C(=O)c3ccc(F)cc3)C2)nc(C)c1Cl. The fourth-order valence-electron chi connectivity index (χ4n) is 2.62. The van der Waals surface area contributed by atoms with Crippen molar-refractivity contribution < 1.29 is 9.18 Å². The molecule has 0 radical (unpaired) electrons. The molecule has 0 unspecified atom stereocenters. The summed E-state index contributed by atoms with van der Waals surface area (Å²) in [5, 5.41) is 0.523. The summed E-state index contributed by atoms with van der Waals surface area (Å²) < 4.78 is 13.0. The van der Waals surface area contributed by atoms with Gasteiger partial charge in [0.2, 0.25) is 0 Å². The van der Waals surface area contributed by atoms with Crippen molar-refractivity contribution in [2.45, 2.75) is 13.8 Å². The number of carbonyl (C=O) groups is 1. The van der Waals surface area contributed by atoms with Gasteiger partial charge in [0.15, 0.2) is 5.82 Å². The molecule has 0 atom stereocenters. The second-order valence-corrected chi connectivity index (χ2v) is 6.08. The maximum Gasteiger partial charge on any atom is 0.254 e. The van der Waals surface area contributed by atoms with Gasteiger partial charge in [-0.2, -0.15) is 0 Å². The lowest BCUT2D eigenvalue weighted by Crippen LogP contribution is -2.30. The van der Waals surface area contributed by atoms with Crippen LogP contribution in [0.5, 0.6) is 0 Å². The third kappa shape index (κ3) is 2.97. The standard InChI is InChI=1S/C17H16ClFN4O/c1-9-15(18)10(2)22-16(21-9)13-7-23(8-14(13)20)17(24)11-3-5-12(19)6-4-11/h3-6H,7-8,20H2,1-2H3. The van der Waals surface area contributed by atoms with Crippen molar-refractivity contribution in [2.24, 2.45) is 5.73 Å². The summed E-state index contributed by atoms with van der Waals surface area (Å²) in [7, 11) is 0. The summed E-state index contributed by atoms with van der Waals surface area (Å²) in [6.45, 7) is 4.19. The number of nitrogens with zero attached hydrogens (tertiary/aromatic N) is 3. The molecule has 0 spiro atoms. The molecule has 2 aromatic rings. The quantitative estimate of drug-likeness (QED) is 0.907. The lowest BCUT2D eigenvalue weighted by Gasteiger charge is -2.16. The van der Waals surface area contributed by atoms with Crippen LogP contribution in [0, 0.1) is 19.7 Å². The van der Waals surface area contributed by atoms with Gasteiger partial charge in [-0.1, -0.05) is 11.6 Å². The maximum atomic E-state index is 13.0. The Labute approximate surface area is 144 Å². The average Bonchev–Trinajstić information content (AvgIpc) is 2.94. The normalized spacial score (nSPS) is 14.4. The topological polar surface area (TPSA) is 72.1 Å². The van der Waals surface area contributed by atoms with E-state index in [1.807, 2.05) is 0 Å². The van der Waals surface area contributed by atoms with E-state index in [9.17, 15) is 9.18 Å². The molecule has 1 aliphatic rings. The van der Waals surface area contributed by atoms with Gasteiger partial charge in [0.25, 0.3) is 5.91 Å². The number of aryl methyl sites for hydroxylation is 2. The molecule has 0 saturated heterocycles. The minimum Gasteiger partial charge on any atom is -0.400 e. The van der Waals surface area contributed by atoms with Crippen molar-refractivity contribution in [3.63, 3.8) is 0 Å². The molecule has 0 fully saturated rings. The Morgan fingerprint density at radius 3 is 2.33 bits per heavy atom. The zero-order chi connectivity index (χ0) is 17.4. The molecule has 1 aromatic heterocycles. The fourth-order valence-corrected chi connectivity index (χ4v) is 2.70. The van der Waals surface area contributed by atoms with Crippen LogP contribution in [0.2, 0.25) is 5.02 Å². The number of benzene rings is 1. The number of hydrogen-bond donors (Lipinski definition) is 1. The molecule has 0 saturated carbocycles. The van der Waals surface area contributed by atoms with Crippen LogP contribution >= 0.6 is 11.6 Å². The fraction of sp³-hybridized carbons (Fsp3) is 0.235. The van der Waals surface area contributed by atoms with Gasteiger partial charge in [-0.05, 0) is 38.1 Å². The number of hydrogen-bond acceptors (Lipinski definition) is 4. The average molecular weight is 347 g/mol. The molecular weight excluding hydrogens is 331 g/mol. The number of aromatic nitrogens is 2. The van der Waals surface area contributed by atoms with Crippen LogP contribution in [-0.2, 0) is 0 Å². The van der Waals surface area contributed by atoms with E-state index in [1.165, 1.54) is 24.3 Å². The molecule has 5 nitrogen and oxygen atoms in total. The Balaban J connectivity index is 1.85. The van der Waals surface area contributed by atoms with Crippen molar-refractivity contribution in [2.75, 3.05) is 13.1 Å². The largest absolute Gasteiger partial charge is 0.400 e. The van der Waals surface area contributed by atoms with Crippen molar-refractivity contribution in [3.8, 4) is 0 Å². The van der Waals surface area contributed by atoms with Crippen LogP contribution < -0.4 is 5.73 Å². The van der Waals surface area contributed by atoms with Gasteiger partial charge < -0.3 is 10.6 Å². The highest BCUT2D eigenvalue weighted by Crippen LogP contribution is 2.26. The first-order valence-corrected chi connectivity index (χ1v) is 7.78.